The lowest BCUT2D eigenvalue weighted by Crippen LogP contribution is -2.50. The molecular weight excluding hydrogens is 604 g/mol. The summed E-state index contributed by atoms with van der Waals surface area (Å²) >= 11 is 6.05. The normalized spacial score (nSPS) is 14.4. The van der Waals surface area contributed by atoms with E-state index in [1.165, 1.54) is 10.5 Å². The van der Waals surface area contributed by atoms with Gasteiger partial charge in [0.1, 0.15) is 12.1 Å². The minimum atomic E-state index is -3.73. The number of piperazine rings is 1. The fourth-order valence-corrected chi connectivity index (χ4v) is 6.58. The van der Waals surface area contributed by atoms with Gasteiger partial charge in [0.05, 0.1) is 4.90 Å². The summed E-state index contributed by atoms with van der Waals surface area (Å²) in [6, 6.07) is 20.6. The third-order valence-corrected chi connectivity index (χ3v) is 9.34. The quantitative estimate of drug-likeness (QED) is 0.236. The van der Waals surface area contributed by atoms with E-state index in [1.807, 2.05) is 0 Å². The Balaban J connectivity index is 1.21. The number of pyridine rings is 1. The Morgan fingerprint density at radius 2 is 1.57 bits per heavy atom. The van der Waals surface area contributed by atoms with Gasteiger partial charge in [-0.2, -0.15) is 9.04 Å². The van der Waals surface area contributed by atoms with E-state index in [0.717, 1.165) is 21.9 Å². The number of alkyl carbamates (subject to hydrolysis) is 1. The van der Waals surface area contributed by atoms with Gasteiger partial charge in [-0.1, -0.05) is 35.9 Å². The van der Waals surface area contributed by atoms with Gasteiger partial charge in [-0.3, -0.25) is 4.79 Å². The van der Waals surface area contributed by atoms with Crippen LogP contribution in [0.5, 0.6) is 0 Å². The first-order chi connectivity index (χ1) is 20.8. The molecule has 12 heteroatoms. The molecule has 1 aromatic heterocycles. The number of hydrogen-bond acceptors (Lipinski definition) is 6. The van der Waals surface area contributed by atoms with Crippen molar-refractivity contribution in [1.29, 1.82) is 0 Å². The first-order valence-corrected chi connectivity index (χ1v) is 15.9. The van der Waals surface area contributed by atoms with Crippen molar-refractivity contribution in [2.75, 3.05) is 26.2 Å². The predicted octanol–water partition coefficient (Wildman–Crippen LogP) is 4.97. The molecule has 44 heavy (non-hydrogen) atoms. The number of benzene rings is 3. The highest BCUT2D eigenvalue weighted by Gasteiger charge is 2.30. The number of nitrogens with zero attached hydrogens (tertiary/aromatic N) is 3. The highest BCUT2D eigenvalue weighted by atomic mass is 35.5. The van der Waals surface area contributed by atoms with Crippen molar-refractivity contribution in [3.8, 4) is 11.1 Å². The van der Waals surface area contributed by atoms with Gasteiger partial charge in [0.15, 0.2) is 6.20 Å². The largest absolute Gasteiger partial charge is 0.618 e. The molecule has 0 atom stereocenters. The monoisotopic (exact) mass is 636 g/mol. The number of carbonyl (C=O) groups excluding carboxylic acids is 2. The van der Waals surface area contributed by atoms with Crippen LogP contribution in [0.15, 0.2) is 83.9 Å². The molecule has 2 amide bonds. The number of fused-ring (bicyclic) bond motifs is 1. The molecule has 0 aliphatic carbocycles. The van der Waals surface area contributed by atoms with Crippen molar-refractivity contribution >= 4 is 44.4 Å². The van der Waals surface area contributed by atoms with Crippen molar-refractivity contribution < 1.29 is 27.5 Å². The van der Waals surface area contributed by atoms with Crippen LogP contribution in [0.1, 0.15) is 36.8 Å². The lowest BCUT2D eigenvalue weighted by atomic mass is 10.0. The number of carbonyl (C=O) groups is 2. The summed E-state index contributed by atoms with van der Waals surface area (Å²) in [7, 11) is -3.73. The van der Waals surface area contributed by atoms with Gasteiger partial charge >= 0.3 is 6.09 Å². The summed E-state index contributed by atoms with van der Waals surface area (Å²) in [6.07, 6.45) is 0.741. The number of ether oxygens (including phenoxy) is 1. The smallest absolute Gasteiger partial charge is 0.408 e. The highest BCUT2D eigenvalue weighted by molar-refractivity contribution is 7.89. The Morgan fingerprint density at radius 3 is 2.25 bits per heavy atom. The summed E-state index contributed by atoms with van der Waals surface area (Å²) in [5.41, 5.74) is 1.67. The topological polar surface area (TPSA) is 123 Å². The van der Waals surface area contributed by atoms with E-state index in [4.69, 9.17) is 16.3 Å². The van der Waals surface area contributed by atoms with Crippen LogP contribution in [0.2, 0.25) is 5.02 Å². The molecule has 0 spiro atoms. The molecular formula is C32H33ClN4O6S. The summed E-state index contributed by atoms with van der Waals surface area (Å²) in [5.74, 6) is -0.191. The van der Waals surface area contributed by atoms with E-state index in [9.17, 15) is 23.2 Å². The van der Waals surface area contributed by atoms with Crippen LogP contribution in [0, 0.1) is 5.21 Å². The maximum Gasteiger partial charge on any atom is 0.408 e. The Labute approximate surface area is 261 Å². The molecule has 3 aromatic carbocycles. The summed E-state index contributed by atoms with van der Waals surface area (Å²) in [6.45, 7) is 6.15. The van der Waals surface area contributed by atoms with Gasteiger partial charge in [-0.05, 0) is 79.1 Å². The Kier molecular flexibility index (Phi) is 8.83. The second-order valence-corrected chi connectivity index (χ2v) is 13.9. The first-order valence-electron chi connectivity index (χ1n) is 14.1. The van der Waals surface area contributed by atoms with Crippen LogP contribution in [0.25, 0.3) is 21.9 Å². The molecule has 1 fully saturated rings. The number of amides is 2. The fraction of sp³-hybridized carbons (Fsp3) is 0.281. The summed E-state index contributed by atoms with van der Waals surface area (Å²) < 4.78 is 34.0. The third kappa shape index (κ3) is 7.12. The second kappa shape index (κ2) is 12.4. The molecule has 0 saturated carbocycles. The van der Waals surface area contributed by atoms with E-state index in [1.54, 1.807) is 98.5 Å². The number of aromatic nitrogens is 1. The Hall–Kier alpha value is -4.19. The molecule has 1 N–H and O–H groups in total. The van der Waals surface area contributed by atoms with Gasteiger partial charge in [0.25, 0.3) is 5.91 Å². The van der Waals surface area contributed by atoms with Crippen LogP contribution in [-0.2, 0) is 21.3 Å². The molecule has 2 heterocycles. The third-order valence-electron chi connectivity index (χ3n) is 7.21. The first kappa shape index (κ1) is 31.2. The molecule has 0 radical (unpaired) electrons. The van der Waals surface area contributed by atoms with Gasteiger partial charge in [0.2, 0.25) is 15.7 Å². The molecule has 10 nitrogen and oxygen atoms in total. The molecule has 0 bridgehead atoms. The van der Waals surface area contributed by atoms with Crippen molar-refractivity contribution in [2.24, 2.45) is 0 Å². The molecule has 1 saturated heterocycles. The molecule has 230 valence electrons. The van der Waals surface area contributed by atoms with Crippen LogP contribution < -0.4 is 10.0 Å². The van der Waals surface area contributed by atoms with Gasteiger partial charge < -0.3 is 20.2 Å². The van der Waals surface area contributed by atoms with Gasteiger partial charge in [-0.25, -0.2) is 13.2 Å². The fourth-order valence-electron chi connectivity index (χ4n) is 4.94. The highest BCUT2D eigenvalue weighted by Crippen LogP contribution is 2.26. The van der Waals surface area contributed by atoms with Crippen LogP contribution in [0.3, 0.4) is 0 Å². The lowest BCUT2D eigenvalue weighted by molar-refractivity contribution is -0.614. The molecule has 1 aliphatic rings. The predicted molar refractivity (Wildman–Crippen MR) is 168 cm³/mol. The maximum absolute atomic E-state index is 13.3. The van der Waals surface area contributed by atoms with E-state index in [2.05, 4.69) is 5.32 Å². The zero-order valence-electron chi connectivity index (χ0n) is 24.6. The van der Waals surface area contributed by atoms with Crippen molar-refractivity contribution in [3.63, 3.8) is 0 Å². The number of halogens is 1. The average Bonchev–Trinajstić information content (AvgIpc) is 2.99. The SMILES string of the molecule is CC(C)(C)OC(=O)NCc1cc(-c2ccc(C(=O)N3CCN(S(=O)(=O)c4ccc5cc(Cl)ccc5c4)CC3)cc2)cc[n+]1[O-]. The maximum atomic E-state index is 13.3. The van der Waals surface area contributed by atoms with E-state index in [-0.39, 0.29) is 43.5 Å². The zero-order chi connectivity index (χ0) is 31.6. The average molecular weight is 637 g/mol. The Morgan fingerprint density at radius 1 is 0.909 bits per heavy atom. The van der Waals surface area contributed by atoms with Crippen molar-refractivity contribution in [3.05, 3.63) is 100 Å². The van der Waals surface area contributed by atoms with Crippen molar-refractivity contribution in [2.45, 2.75) is 37.8 Å². The number of sulfonamides is 1. The van der Waals surface area contributed by atoms with Crippen LogP contribution in [-0.4, -0.2) is 61.4 Å². The number of nitrogens with one attached hydrogen (secondary N) is 1. The summed E-state index contributed by atoms with van der Waals surface area (Å²) in [4.78, 5) is 27.1. The van der Waals surface area contributed by atoms with E-state index in [0.29, 0.717) is 21.0 Å². The second-order valence-electron chi connectivity index (χ2n) is 11.5. The lowest BCUT2D eigenvalue weighted by Gasteiger charge is -2.34. The van der Waals surface area contributed by atoms with Crippen LogP contribution >= 0.6 is 11.6 Å². The van der Waals surface area contributed by atoms with E-state index < -0.39 is 21.7 Å². The minimum Gasteiger partial charge on any atom is -0.618 e. The molecule has 5 rings (SSSR count). The standard InChI is InChI=1S/C32H33ClN4O6S/c1-32(2,3)43-31(39)34-21-28-19-26(12-13-37(28)40)22-4-6-23(7-5-22)30(38)35-14-16-36(17-15-35)44(41,42)29-11-9-24-18-27(33)10-8-25(24)20-29/h4-13,18-20H,14-17,21H2,1-3H3,(H,34,39). The molecule has 0 unspecified atom stereocenters. The summed E-state index contributed by atoms with van der Waals surface area (Å²) in [5, 5.41) is 17.1. The molecule has 4 aromatic rings. The van der Waals surface area contributed by atoms with Gasteiger partial charge in [-0.15, -0.1) is 0 Å². The Bertz CT molecular complexity index is 1820. The number of hydrogen-bond donors (Lipinski definition) is 1. The number of rotatable bonds is 6. The van der Waals surface area contributed by atoms with Crippen LogP contribution in [0.4, 0.5) is 4.79 Å². The van der Waals surface area contributed by atoms with E-state index >= 15 is 0 Å². The van der Waals surface area contributed by atoms with Gasteiger partial charge in [0, 0.05) is 48.9 Å². The van der Waals surface area contributed by atoms with Crippen molar-refractivity contribution in [1.82, 2.24) is 14.5 Å². The zero-order valence-corrected chi connectivity index (χ0v) is 26.2. The molecule has 1 aliphatic heterocycles. The minimum absolute atomic E-state index is 0.0136.